The lowest BCUT2D eigenvalue weighted by Crippen LogP contribution is -2.53. The molecule has 1 fully saturated rings. The van der Waals surface area contributed by atoms with E-state index in [9.17, 15) is 13.2 Å². The van der Waals surface area contributed by atoms with Crippen LogP contribution in [0.1, 0.15) is 53.2 Å². The van der Waals surface area contributed by atoms with Crippen molar-refractivity contribution in [3.05, 3.63) is 59.2 Å². The second kappa shape index (κ2) is 12.8. The highest BCUT2D eigenvalue weighted by atomic mass is 32.2. The number of carbonyl (C=O) groups is 1. The van der Waals surface area contributed by atoms with E-state index in [1.54, 1.807) is 18.2 Å². The Balaban J connectivity index is 1.18. The van der Waals surface area contributed by atoms with Gasteiger partial charge in [0.15, 0.2) is 25.9 Å². The Morgan fingerprint density at radius 1 is 0.833 bits per heavy atom. The lowest BCUT2D eigenvalue weighted by molar-refractivity contribution is -0.138. The molecule has 0 spiro atoms. The molecule has 2 aromatic rings. The average molecular weight is 697 g/mol. The molecule has 0 N–H and O–H groups in total. The molecule has 4 aliphatic heterocycles. The zero-order valence-corrected chi connectivity index (χ0v) is 31.7. The summed E-state index contributed by atoms with van der Waals surface area (Å²) in [4.78, 5) is 21.4. The minimum Gasteiger partial charge on any atom is -0.486 e. The summed E-state index contributed by atoms with van der Waals surface area (Å²) in [6.45, 7) is 23.7. The highest BCUT2D eigenvalue weighted by molar-refractivity contribution is 7.89. The fraction of sp³-hybridized carbons (Fsp3) is 0.583. The second-order valence-corrected chi connectivity index (χ2v) is 22.7. The fourth-order valence-corrected chi connectivity index (χ4v) is 9.25. The topological polar surface area (TPSA) is 91.9 Å². The van der Waals surface area contributed by atoms with E-state index in [4.69, 9.17) is 13.9 Å². The number of amides is 1. The first-order valence-corrected chi connectivity index (χ1v) is 21.4. The molecule has 12 heteroatoms. The number of hydrogen-bond acceptors (Lipinski definition) is 8. The van der Waals surface area contributed by atoms with Gasteiger partial charge in [0.2, 0.25) is 10.0 Å². The number of ether oxygens (including phenoxy) is 2. The molecule has 0 bridgehead atoms. The van der Waals surface area contributed by atoms with Gasteiger partial charge >= 0.3 is 0 Å². The molecule has 6 rings (SSSR count). The SMILES string of the molecule is CC(C)(C)N1CCN(c2cccc(C(O[Si](C)(C)C(C)(C)C)C(=O)N3CC4=C(C3)CN(S(=O)(=O)c3ccc5c(c3)OCCO5)C4)c2)CC1. The summed E-state index contributed by atoms with van der Waals surface area (Å²) >= 11 is 0. The van der Waals surface area contributed by atoms with Gasteiger partial charge in [-0.2, -0.15) is 4.31 Å². The molecule has 2 aromatic carbocycles. The quantitative estimate of drug-likeness (QED) is 0.285. The number of anilines is 1. The van der Waals surface area contributed by atoms with Crippen LogP contribution in [0.25, 0.3) is 0 Å². The van der Waals surface area contributed by atoms with Crippen molar-refractivity contribution in [1.29, 1.82) is 0 Å². The predicted octanol–water partition coefficient (Wildman–Crippen LogP) is 5.28. The largest absolute Gasteiger partial charge is 0.486 e. The highest BCUT2D eigenvalue weighted by Crippen LogP contribution is 2.42. The lowest BCUT2D eigenvalue weighted by Gasteiger charge is -2.43. The first-order valence-electron chi connectivity index (χ1n) is 17.1. The molecule has 1 atom stereocenters. The number of nitrogens with zero attached hydrogens (tertiary/aromatic N) is 4. The molecule has 0 aliphatic carbocycles. The van der Waals surface area contributed by atoms with E-state index in [1.807, 2.05) is 17.0 Å². The van der Waals surface area contributed by atoms with E-state index in [-0.39, 0.29) is 34.5 Å². The molecule has 4 heterocycles. The molecule has 1 saturated heterocycles. The molecule has 0 aromatic heterocycles. The summed E-state index contributed by atoms with van der Waals surface area (Å²) in [6, 6.07) is 13.1. The minimum absolute atomic E-state index is 0.0647. The maximum Gasteiger partial charge on any atom is 0.255 e. The Kier molecular flexibility index (Phi) is 9.29. The first kappa shape index (κ1) is 34.9. The monoisotopic (exact) mass is 696 g/mol. The molecule has 1 unspecified atom stereocenters. The number of piperazine rings is 1. The maximum atomic E-state index is 14.5. The van der Waals surface area contributed by atoms with Crippen LogP contribution in [0.2, 0.25) is 18.1 Å². The van der Waals surface area contributed by atoms with Gasteiger partial charge in [0, 0.05) is 69.7 Å². The molecule has 4 aliphatic rings. The standard InChI is InChI=1S/C36H52N4O6SSi/c1-35(2,3)39-16-14-37(15-17-39)29-11-9-10-26(20-29)33(46-48(7,8)36(4,5)6)34(41)38-22-27-24-40(25-28(27)23-38)47(42,43)30-12-13-31-32(21-30)45-19-18-44-31/h9-13,20-21,33H,14-19,22-25H2,1-8H3. The zero-order chi connectivity index (χ0) is 34.6. The first-order chi connectivity index (χ1) is 22.4. The highest BCUT2D eigenvalue weighted by Gasteiger charge is 2.44. The summed E-state index contributed by atoms with van der Waals surface area (Å²) in [5.74, 6) is 0.937. The Labute approximate surface area is 287 Å². The van der Waals surface area contributed by atoms with Crippen molar-refractivity contribution < 1.29 is 27.1 Å². The summed E-state index contributed by atoms with van der Waals surface area (Å²) < 4.78 is 46.9. The van der Waals surface area contributed by atoms with Crippen molar-refractivity contribution in [3.8, 4) is 11.5 Å². The van der Waals surface area contributed by atoms with Crippen LogP contribution in [-0.2, 0) is 19.2 Å². The smallest absolute Gasteiger partial charge is 0.255 e. The fourth-order valence-electron chi connectivity index (χ4n) is 6.62. The van der Waals surface area contributed by atoms with Crippen LogP contribution >= 0.6 is 0 Å². The molecule has 262 valence electrons. The van der Waals surface area contributed by atoms with E-state index >= 15 is 0 Å². The van der Waals surface area contributed by atoms with Crippen molar-refractivity contribution >= 4 is 29.9 Å². The Morgan fingerprint density at radius 3 is 2.06 bits per heavy atom. The zero-order valence-electron chi connectivity index (χ0n) is 29.8. The number of hydrogen-bond donors (Lipinski definition) is 0. The maximum absolute atomic E-state index is 14.5. The molecular formula is C36H52N4O6SSi. The van der Waals surface area contributed by atoms with E-state index in [0.29, 0.717) is 37.8 Å². The lowest BCUT2D eigenvalue weighted by atomic mass is 10.0. The van der Waals surface area contributed by atoms with Gasteiger partial charge in [0.25, 0.3) is 5.91 Å². The number of rotatable bonds is 7. The van der Waals surface area contributed by atoms with Crippen LogP contribution in [0, 0.1) is 0 Å². The number of sulfonamides is 1. The van der Waals surface area contributed by atoms with Crippen LogP contribution in [0.15, 0.2) is 58.5 Å². The van der Waals surface area contributed by atoms with Gasteiger partial charge in [-0.15, -0.1) is 0 Å². The van der Waals surface area contributed by atoms with Crippen LogP contribution in [0.4, 0.5) is 5.69 Å². The summed E-state index contributed by atoms with van der Waals surface area (Å²) in [7, 11) is -6.11. The van der Waals surface area contributed by atoms with Crippen LogP contribution in [0.3, 0.4) is 0 Å². The van der Waals surface area contributed by atoms with Crippen LogP contribution in [0.5, 0.6) is 11.5 Å². The van der Waals surface area contributed by atoms with Crippen LogP contribution < -0.4 is 14.4 Å². The van der Waals surface area contributed by atoms with Gasteiger partial charge in [0.1, 0.15) is 13.2 Å². The van der Waals surface area contributed by atoms with Crippen molar-refractivity contribution in [2.45, 2.75) is 76.2 Å². The number of benzene rings is 2. The molecule has 1 amide bonds. The number of fused-ring (bicyclic) bond motifs is 1. The van der Waals surface area contributed by atoms with E-state index in [0.717, 1.165) is 48.6 Å². The summed E-state index contributed by atoms with van der Waals surface area (Å²) in [5, 5.41) is -0.0832. The third-order valence-electron chi connectivity index (χ3n) is 10.7. The molecule has 10 nitrogen and oxygen atoms in total. The normalized spacial score (nSPS) is 20.3. The number of carbonyl (C=O) groups excluding carboxylic acids is 1. The molecule has 0 radical (unpaired) electrons. The third-order valence-corrected chi connectivity index (χ3v) is 16.9. The molecule has 48 heavy (non-hydrogen) atoms. The van der Waals surface area contributed by atoms with Gasteiger partial charge in [-0.1, -0.05) is 32.9 Å². The molecular weight excluding hydrogens is 645 g/mol. The van der Waals surface area contributed by atoms with Gasteiger partial charge in [-0.25, -0.2) is 8.42 Å². The molecule has 0 saturated carbocycles. The van der Waals surface area contributed by atoms with Crippen molar-refractivity contribution in [2.24, 2.45) is 0 Å². The Hall–Kier alpha value is -2.90. The summed E-state index contributed by atoms with van der Waals surface area (Å²) in [5.41, 5.74) is 4.09. The minimum atomic E-state index is -3.75. The van der Waals surface area contributed by atoms with Gasteiger partial charge in [-0.3, -0.25) is 9.69 Å². The van der Waals surface area contributed by atoms with E-state index in [2.05, 4.69) is 76.6 Å². The van der Waals surface area contributed by atoms with Gasteiger partial charge < -0.3 is 23.7 Å². The summed E-state index contributed by atoms with van der Waals surface area (Å²) in [6.07, 6.45) is -0.737. The Morgan fingerprint density at radius 2 is 1.46 bits per heavy atom. The average Bonchev–Trinajstić information content (AvgIpc) is 3.63. The van der Waals surface area contributed by atoms with Crippen molar-refractivity contribution in [2.75, 3.05) is 70.5 Å². The second-order valence-electron chi connectivity index (χ2n) is 16.0. The van der Waals surface area contributed by atoms with E-state index in [1.165, 1.54) is 4.31 Å². The third kappa shape index (κ3) is 6.91. The van der Waals surface area contributed by atoms with Gasteiger partial charge in [0.05, 0.1) is 4.90 Å². The van der Waals surface area contributed by atoms with Crippen LogP contribution in [-0.4, -0.2) is 108 Å². The predicted molar refractivity (Wildman–Crippen MR) is 191 cm³/mol. The Bertz CT molecular complexity index is 1670. The van der Waals surface area contributed by atoms with Gasteiger partial charge in [-0.05, 0) is 79.9 Å². The van der Waals surface area contributed by atoms with E-state index < -0.39 is 24.4 Å². The van der Waals surface area contributed by atoms with Crippen molar-refractivity contribution in [3.63, 3.8) is 0 Å². The van der Waals surface area contributed by atoms with Crippen molar-refractivity contribution in [1.82, 2.24) is 14.1 Å².